The summed E-state index contributed by atoms with van der Waals surface area (Å²) in [6.07, 6.45) is 0. The maximum atomic E-state index is 5.11. The van der Waals surface area contributed by atoms with Crippen LogP contribution in [0.25, 0.3) is 90.6 Å². The molecule has 0 fully saturated rings. The Bertz CT molecular complexity index is 4220. The van der Waals surface area contributed by atoms with E-state index in [4.69, 9.17) is 29.9 Å². The van der Waals surface area contributed by atoms with Crippen LogP contribution in [0.3, 0.4) is 0 Å². The quantitative estimate of drug-likeness (QED) is 0.100. The van der Waals surface area contributed by atoms with E-state index in [1.807, 2.05) is 115 Å². The third kappa shape index (κ3) is 11.3. The number of rotatable bonds is 15. The van der Waals surface area contributed by atoms with E-state index in [0.29, 0.717) is 40.9 Å². The van der Waals surface area contributed by atoms with Crippen molar-refractivity contribution < 1.29 is 0 Å². The molecule has 11 aromatic carbocycles. The van der Waals surface area contributed by atoms with Gasteiger partial charge in [-0.3, -0.25) is 0 Å². The molecule has 0 saturated carbocycles. The molecule has 2 aromatic heterocycles. The van der Waals surface area contributed by atoms with Gasteiger partial charge < -0.3 is 9.80 Å². The van der Waals surface area contributed by atoms with E-state index in [-0.39, 0.29) is 0 Å². The van der Waals surface area contributed by atoms with Gasteiger partial charge in [0.25, 0.3) is 0 Å². The van der Waals surface area contributed by atoms with Crippen molar-refractivity contribution in [3.63, 3.8) is 0 Å². The van der Waals surface area contributed by atoms with Crippen LogP contribution in [0.1, 0.15) is 25.3 Å². The zero-order valence-corrected chi connectivity index (χ0v) is 45.9. The smallest absolute Gasteiger partial charge is 0.164 e. The van der Waals surface area contributed by atoms with E-state index in [1.54, 1.807) is 0 Å². The van der Waals surface area contributed by atoms with Gasteiger partial charge in [0, 0.05) is 67.5 Å². The zero-order valence-electron chi connectivity index (χ0n) is 45.9. The van der Waals surface area contributed by atoms with Crippen molar-refractivity contribution in [3.8, 4) is 90.6 Å². The second-order valence-electron chi connectivity index (χ2n) is 20.6. The molecule has 0 radical (unpaired) electrons. The number of hydrogen-bond donors (Lipinski definition) is 0. The highest BCUT2D eigenvalue weighted by molar-refractivity contribution is 5.83. The highest BCUT2D eigenvalue weighted by Gasteiger charge is 2.19. The molecule has 0 aliphatic carbocycles. The van der Waals surface area contributed by atoms with Gasteiger partial charge in [0.05, 0.1) is 0 Å². The highest BCUT2D eigenvalue weighted by atomic mass is 15.1. The second-order valence-corrected chi connectivity index (χ2v) is 20.6. The van der Waals surface area contributed by atoms with E-state index in [1.165, 1.54) is 5.56 Å². The Balaban J connectivity index is 0.777. The number of aromatic nitrogens is 6. The molecule has 0 amide bonds. The third-order valence-corrected chi connectivity index (χ3v) is 14.8. The third-order valence-electron chi connectivity index (χ3n) is 14.8. The molecule has 0 aliphatic rings. The van der Waals surface area contributed by atoms with Gasteiger partial charge in [0.15, 0.2) is 34.9 Å². The normalized spacial score (nSPS) is 11.1. The van der Waals surface area contributed by atoms with Crippen molar-refractivity contribution >= 4 is 34.1 Å². The average Bonchev–Trinajstić information content (AvgIpc) is 3.76. The van der Waals surface area contributed by atoms with Crippen LogP contribution >= 0.6 is 0 Å². The maximum absolute atomic E-state index is 5.11. The van der Waals surface area contributed by atoms with Crippen LogP contribution in [0.4, 0.5) is 34.1 Å². The summed E-state index contributed by atoms with van der Waals surface area (Å²) < 4.78 is 0. The van der Waals surface area contributed by atoms with Crippen molar-refractivity contribution in [1.82, 2.24) is 29.9 Å². The largest absolute Gasteiger partial charge is 0.311 e. The fraction of sp³-hybridized carbons (Fsp3) is 0.0400. The first-order valence-corrected chi connectivity index (χ1v) is 27.9. The van der Waals surface area contributed by atoms with Crippen LogP contribution in [0.5, 0.6) is 0 Å². The first-order valence-electron chi connectivity index (χ1n) is 27.9. The van der Waals surface area contributed by atoms with Crippen molar-refractivity contribution in [2.75, 3.05) is 9.80 Å². The molecular formula is C75H56N8. The van der Waals surface area contributed by atoms with E-state index in [2.05, 4.69) is 206 Å². The number of hydrogen-bond acceptors (Lipinski definition) is 8. The summed E-state index contributed by atoms with van der Waals surface area (Å²) in [5, 5.41) is 0. The lowest BCUT2D eigenvalue weighted by atomic mass is 10.0. The predicted octanol–water partition coefficient (Wildman–Crippen LogP) is 19.5. The Labute approximate surface area is 484 Å². The van der Waals surface area contributed by atoms with Crippen molar-refractivity contribution in [2.45, 2.75) is 19.8 Å². The summed E-state index contributed by atoms with van der Waals surface area (Å²) in [6.45, 7) is 4.46. The minimum Gasteiger partial charge on any atom is -0.311 e. The molecule has 2 heterocycles. The van der Waals surface area contributed by atoms with Crippen LogP contribution in [0, 0.1) is 0 Å². The van der Waals surface area contributed by atoms with Gasteiger partial charge in [-0.1, -0.05) is 238 Å². The Morgan fingerprint density at radius 2 is 0.434 bits per heavy atom. The van der Waals surface area contributed by atoms with Crippen LogP contribution < -0.4 is 9.80 Å². The predicted molar refractivity (Wildman–Crippen MR) is 340 cm³/mol. The highest BCUT2D eigenvalue weighted by Crippen LogP contribution is 2.40. The number of anilines is 6. The molecule has 13 aromatic rings. The summed E-state index contributed by atoms with van der Waals surface area (Å²) >= 11 is 0. The Kier molecular flexibility index (Phi) is 14.5. The van der Waals surface area contributed by atoms with Crippen LogP contribution in [-0.2, 0) is 0 Å². The standard InChI is InChI=1S/C75H56N8/c1-52(2)53-39-45-66(46-40-53)82(64-26-14-6-15-27-64)67-47-41-54(42-48-67)55-43-49-68(50-44-55)83(65-28-16-7-17-29-65)69-30-18-25-63(51-69)56-31-33-60(34-32-56)73-79-72(59-23-12-5-13-24-59)80-75(81-73)62-37-35-61(36-38-62)74-77-70(57-19-8-3-9-20-57)76-71(78-74)58-21-10-4-11-22-58/h3-52H,1-2H3. The molecule has 0 atom stereocenters. The average molecular weight is 1070 g/mol. The summed E-state index contributed by atoms with van der Waals surface area (Å²) in [7, 11) is 0. The number of benzene rings is 11. The first-order chi connectivity index (χ1) is 40.9. The van der Waals surface area contributed by atoms with Crippen molar-refractivity contribution in [2.24, 2.45) is 0 Å². The minimum absolute atomic E-state index is 0.469. The lowest BCUT2D eigenvalue weighted by Crippen LogP contribution is -2.10. The molecule has 0 bridgehead atoms. The fourth-order valence-corrected chi connectivity index (χ4v) is 10.4. The lowest BCUT2D eigenvalue weighted by molar-refractivity contribution is 0.866. The van der Waals surface area contributed by atoms with Gasteiger partial charge in [-0.15, -0.1) is 0 Å². The van der Waals surface area contributed by atoms with Gasteiger partial charge >= 0.3 is 0 Å². The maximum Gasteiger partial charge on any atom is 0.164 e. The molecule has 83 heavy (non-hydrogen) atoms. The zero-order chi connectivity index (χ0) is 55.9. The first kappa shape index (κ1) is 51.5. The molecule has 396 valence electrons. The van der Waals surface area contributed by atoms with Gasteiger partial charge in [-0.25, -0.2) is 29.9 Å². The summed E-state index contributed by atoms with van der Waals surface area (Å²) in [5.41, 5.74) is 17.6. The molecule has 0 aliphatic heterocycles. The van der Waals surface area contributed by atoms with Gasteiger partial charge in [-0.05, 0) is 107 Å². The van der Waals surface area contributed by atoms with E-state index in [9.17, 15) is 0 Å². The summed E-state index contributed by atoms with van der Waals surface area (Å²) in [5.74, 6) is 3.98. The monoisotopic (exact) mass is 1070 g/mol. The molecular weight excluding hydrogens is 1010 g/mol. The van der Waals surface area contributed by atoms with Crippen molar-refractivity contribution in [3.05, 3.63) is 303 Å². The summed E-state index contributed by atoms with van der Waals surface area (Å²) in [4.78, 5) is 34.6. The topological polar surface area (TPSA) is 83.8 Å². The van der Waals surface area contributed by atoms with Crippen molar-refractivity contribution in [1.29, 1.82) is 0 Å². The lowest BCUT2D eigenvalue weighted by Gasteiger charge is -2.26. The van der Waals surface area contributed by atoms with Crippen LogP contribution in [0.15, 0.2) is 297 Å². The van der Waals surface area contributed by atoms with E-state index < -0.39 is 0 Å². The molecule has 8 nitrogen and oxygen atoms in total. The molecule has 8 heteroatoms. The minimum atomic E-state index is 0.469. The molecule has 13 rings (SSSR count). The summed E-state index contributed by atoms with van der Waals surface area (Å²) in [6, 6.07) is 103. The van der Waals surface area contributed by atoms with Crippen LogP contribution in [-0.4, -0.2) is 29.9 Å². The Morgan fingerprint density at radius 1 is 0.205 bits per heavy atom. The number of para-hydroxylation sites is 2. The SMILES string of the molecule is CC(C)c1ccc(N(c2ccccc2)c2ccc(-c3ccc(N(c4ccccc4)c4cccc(-c5ccc(-c6nc(-c7ccccc7)nc(-c7ccc(-c8nc(-c9ccccc9)nc(-c9ccccc9)n8)cc7)n6)cc5)c4)cc3)cc2)cc1. The van der Waals surface area contributed by atoms with Gasteiger partial charge in [0.1, 0.15) is 0 Å². The molecule has 0 spiro atoms. The molecule has 0 N–H and O–H groups in total. The Morgan fingerprint density at radius 3 is 0.771 bits per heavy atom. The molecule has 0 saturated heterocycles. The fourth-order valence-electron chi connectivity index (χ4n) is 10.4. The van der Waals surface area contributed by atoms with E-state index in [0.717, 1.165) is 89.8 Å². The number of nitrogens with zero attached hydrogens (tertiary/aromatic N) is 8. The van der Waals surface area contributed by atoms with Crippen LogP contribution in [0.2, 0.25) is 0 Å². The molecule has 0 unspecified atom stereocenters. The Hall–Kier alpha value is -11.0. The second kappa shape index (κ2) is 23.4. The van der Waals surface area contributed by atoms with E-state index >= 15 is 0 Å². The van der Waals surface area contributed by atoms with Gasteiger partial charge in [0.2, 0.25) is 0 Å². The van der Waals surface area contributed by atoms with Gasteiger partial charge in [-0.2, -0.15) is 0 Å².